The van der Waals surface area contributed by atoms with Crippen LogP contribution < -0.4 is 0 Å². The summed E-state index contributed by atoms with van der Waals surface area (Å²) in [5.41, 5.74) is 1.24. The van der Waals surface area contributed by atoms with Gasteiger partial charge in [0.1, 0.15) is 4.32 Å². The maximum Gasteiger partial charge on any atom is 0.141 e. The molecule has 0 atom stereocenters. The Labute approximate surface area is 106 Å². The molecule has 84 valence electrons. The molecule has 2 nitrogen and oxygen atoms in total. The Kier molecular flexibility index (Phi) is 3.51. The molecule has 2 heterocycles. The summed E-state index contributed by atoms with van der Waals surface area (Å²) >= 11 is 7.02. The van der Waals surface area contributed by atoms with Crippen LogP contribution in [0.15, 0.2) is 47.7 Å². The second-order valence-electron chi connectivity index (χ2n) is 3.66. The zero-order chi connectivity index (χ0) is 11.5. The summed E-state index contributed by atoms with van der Waals surface area (Å²) in [5, 5.41) is 0. The van der Waals surface area contributed by atoms with E-state index in [-0.39, 0.29) is 0 Å². The standard InChI is InChI=1S/C12H14N2S2/c1-3-7-14-9-11(16-12(14)15)10-6-4-5-8-13(10)2/h3-6,8H,1,7,9H2,2H3/b11-10-. The van der Waals surface area contributed by atoms with Gasteiger partial charge in [0, 0.05) is 24.7 Å². The maximum absolute atomic E-state index is 5.34. The van der Waals surface area contributed by atoms with Gasteiger partial charge < -0.3 is 9.80 Å². The minimum absolute atomic E-state index is 0.825. The third kappa shape index (κ3) is 2.23. The topological polar surface area (TPSA) is 6.48 Å². The molecule has 1 saturated heterocycles. The molecule has 1 fully saturated rings. The number of thioether (sulfide) groups is 1. The van der Waals surface area contributed by atoms with E-state index < -0.39 is 0 Å². The molecule has 0 aliphatic carbocycles. The average molecular weight is 250 g/mol. The van der Waals surface area contributed by atoms with Gasteiger partial charge in [-0.1, -0.05) is 36.1 Å². The molecule has 0 aromatic rings. The molecule has 0 spiro atoms. The summed E-state index contributed by atoms with van der Waals surface area (Å²) in [5.74, 6) is 0. The molecular formula is C12H14N2S2. The number of allylic oxidation sites excluding steroid dienone is 3. The first-order valence-corrected chi connectivity index (χ1v) is 6.33. The van der Waals surface area contributed by atoms with Crippen molar-refractivity contribution in [3.05, 3.63) is 47.7 Å². The molecule has 0 saturated carbocycles. The first-order chi connectivity index (χ1) is 7.72. The van der Waals surface area contributed by atoms with Gasteiger partial charge in [0.15, 0.2) is 0 Å². The van der Waals surface area contributed by atoms with Crippen LogP contribution in [-0.4, -0.2) is 34.3 Å². The average Bonchev–Trinajstić information content (AvgIpc) is 2.61. The third-order valence-corrected chi connectivity index (χ3v) is 4.02. The minimum Gasteiger partial charge on any atom is -0.350 e. The van der Waals surface area contributed by atoms with Gasteiger partial charge in [-0.15, -0.1) is 6.58 Å². The maximum atomic E-state index is 5.34. The summed E-state index contributed by atoms with van der Waals surface area (Å²) in [7, 11) is 2.06. The second kappa shape index (κ2) is 4.89. The molecule has 2 aliphatic rings. The third-order valence-electron chi connectivity index (χ3n) is 2.49. The van der Waals surface area contributed by atoms with Crippen molar-refractivity contribution in [1.82, 2.24) is 9.80 Å². The van der Waals surface area contributed by atoms with Crippen molar-refractivity contribution >= 4 is 28.3 Å². The lowest BCUT2D eigenvalue weighted by Crippen LogP contribution is -2.23. The van der Waals surface area contributed by atoms with E-state index in [1.165, 1.54) is 10.6 Å². The Balaban J connectivity index is 2.21. The van der Waals surface area contributed by atoms with E-state index in [0.29, 0.717) is 0 Å². The summed E-state index contributed by atoms with van der Waals surface area (Å²) in [6, 6.07) is 0. The van der Waals surface area contributed by atoms with Crippen LogP contribution in [0.4, 0.5) is 0 Å². The van der Waals surface area contributed by atoms with Crippen molar-refractivity contribution in [3.63, 3.8) is 0 Å². The monoisotopic (exact) mass is 250 g/mol. The summed E-state index contributed by atoms with van der Waals surface area (Å²) < 4.78 is 0.943. The van der Waals surface area contributed by atoms with Crippen molar-refractivity contribution < 1.29 is 0 Å². The van der Waals surface area contributed by atoms with Gasteiger partial charge in [-0.05, 0) is 12.2 Å². The predicted octanol–water partition coefficient (Wildman–Crippen LogP) is 2.73. The normalized spacial score (nSPS) is 24.4. The molecule has 0 bridgehead atoms. The highest BCUT2D eigenvalue weighted by Crippen LogP contribution is 2.33. The van der Waals surface area contributed by atoms with Gasteiger partial charge in [-0.2, -0.15) is 0 Å². The summed E-state index contributed by atoms with van der Waals surface area (Å²) in [6.45, 7) is 5.47. The molecule has 2 aliphatic heterocycles. The highest BCUT2D eigenvalue weighted by molar-refractivity contribution is 8.25. The van der Waals surface area contributed by atoms with Gasteiger partial charge in [0.2, 0.25) is 0 Å². The lowest BCUT2D eigenvalue weighted by atomic mass is 10.2. The predicted molar refractivity (Wildman–Crippen MR) is 75.0 cm³/mol. The Hall–Kier alpha value is -1.00. The highest BCUT2D eigenvalue weighted by atomic mass is 32.2. The van der Waals surface area contributed by atoms with E-state index in [2.05, 4.69) is 41.8 Å². The van der Waals surface area contributed by atoms with Crippen molar-refractivity contribution in [2.75, 3.05) is 20.1 Å². The van der Waals surface area contributed by atoms with Crippen molar-refractivity contribution in [2.24, 2.45) is 0 Å². The van der Waals surface area contributed by atoms with Crippen LogP contribution in [0.5, 0.6) is 0 Å². The van der Waals surface area contributed by atoms with Crippen LogP contribution >= 0.6 is 24.0 Å². The van der Waals surface area contributed by atoms with Gasteiger partial charge >= 0.3 is 0 Å². The minimum atomic E-state index is 0.825. The van der Waals surface area contributed by atoms with Crippen LogP contribution in [0.2, 0.25) is 0 Å². The van der Waals surface area contributed by atoms with Gasteiger partial charge in [-0.3, -0.25) is 0 Å². The van der Waals surface area contributed by atoms with E-state index in [4.69, 9.17) is 12.2 Å². The Bertz CT molecular complexity index is 407. The van der Waals surface area contributed by atoms with E-state index >= 15 is 0 Å². The van der Waals surface area contributed by atoms with Crippen molar-refractivity contribution in [2.45, 2.75) is 0 Å². The molecule has 2 rings (SSSR count). The highest BCUT2D eigenvalue weighted by Gasteiger charge is 2.24. The number of hydrogen-bond donors (Lipinski definition) is 0. The molecule has 0 N–H and O–H groups in total. The molecule has 0 aromatic heterocycles. The Morgan fingerprint density at radius 1 is 1.56 bits per heavy atom. The quantitative estimate of drug-likeness (QED) is 0.549. The van der Waals surface area contributed by atoms with Crippen LogP contribution in [0.3, 0.4) is 0 Å². The number of likely N-dealkylation sites (N-methyl/N-ethyl adjacent to an activating group) is 1. The first kappa shape index (κ1) is 11.5. The molecule has 4 heteroatoms. The smallest absolute Gasteiger partial charge is 0.141 e. The van der Waals surface area contributed by atoms with E-state index in [0.717, 1.165) is 17.4 Å². The van der Waals surface area contributed by atoms with Gasteiger partial charge in [-0.25, -0.2) is 0 Å². The fraction of sp³-hybridized carbons (Fsp3) is 0.250. The SMILES string of the molecule is C=CCN1C/C(=C2\C=CC=CN2C)SC1=S. The molecule has 0 aromatic carbocycles. The summed E-state index contributed by atoms with van der Waals surface area (Å²) in [4.78, 5) is 5.60. The molecular weight excluding hydrogens is 236 g/mol. The first-order valence-electron chi connectivity index (χ1n) is 5.11. The number of hydrogen-bond acceptors (Lipinski definition) is 3. The van der Waals surface area contributed by atoms with Crippen LogP contribution in [0.1, 0.15) is 0 Å². The fourth-order valence-electron chi connectivity index (χ4n) is 1.68. The number of thiocarbonyl (C=S) groups is 1. The van der Waals surface area contributed by atoms with Crippen LogP contribution in [0.25, 0.3) is 0 Å². The summed E-state index contributed by atoms with van der Waals surface area (Å²) in [6.07, 6.45) is 10.2. The van der Waals surface area contributed by atoms with Crippen LogP contribution in [0, 0.1) is 0 Å². The second-order valence-corrected chi connectivity index (χ2v) is 5.39. The molecule has 0 unspecified atom stereocenters. The number of nitrogens with zero attached hydrogens (tertiary/aromatic N) is 2. The van der Waals surface area contributed by atoms with Crippen molar-refractivity contribution in [1.29, 1.82) is 0 Å². The Morgan fingerprint density at radius 3 is 3.06 bits per heavy atom. The zero-order valence-corrected chi connectivity index (χ0v) is 10.9. The molecule has 0 radical (unpaired) electrons. The van der Waals surface area contributed by atoms with E-state index in [1.54, 1.807) is 11.8 Å². The molecule has 0 amide bonds. The van der Waals surface area contributed by atoms with Crippen LogP contribution in [-0.2, 0) is 0 Å². The zero-order valence-electron chi connectivity index (χ0n) is 9.22. The molecule has 16 heavy (non-hydrogen) atoms. The lowest BCUT2D eigenvalue weighted by molar-refractivity contribution is 0.521. The largest absolute Gasteiger partial charge is 0.350 e. The van der Waals surface area contributed by atoms with Gasteiger partial charge in [0.25, 0.3) is 0 Å². The lowest BCUT2D eigenvalue weighted by Gasteiger charge is -2.20. The fourth-order valence-corrected chi connectivity index (χ4v) is 3.14. The Morgan fingerprint density at radius 2 is 2.38 bits per heavy atom. The van der Waals surface area contributed by atoms with Crippen molar-refractivity contribution in [3.8, 4) is 0 Å². The van der Waals surface area contributed by atoms with E-state index in [1.807, 2.05) is 12.2 Å². The number of rotatable bonds is 2. The van der Waals surface area contributed by atoms with E-state index in [9.17, 15) is 0 Å². The van der Waals surface area contributed by atoms with Gasteiger partial charge in [0.05, 0.1) is 12.2 Å².